The summed E-state index contributed by atoms with van der Waals surface area (Å²) in [6.45, 7) is 5.56. The first-order valence-electron chi connectivity index (χ1n) is 6.87. The fourth-order valence-electron chi connectivity index (χ4n) is 2.47. The lowest BCUT2D eigenvalue weighted by Crippen LogP contribution is -2.36. The Balaban J connectivity index is 2.39. The van der Waals surface area contributed by atoms with Crippen LogP contribution in [-0.4, -0.2) is 38.5 Å². The van der Waals surface area contributed by atoms with E-state index in [1.807, 2.05) is 19.9 Å². The highest BCUT2D eigenvalue weighted by Crippen LogP contribution is 2.24. The van der Waals surface area contributed by atoms with E-state index in [1.54, 1.807) is 12.1 Å². The molecule has 1 saturated heterocycles. The predicted molar refractivity (Wildman–Crippen MR) is 77.9 cm³/mol. The molecule has 1 heterocycles. The zero-order valence-corrected chi connectivity index (χ0v) is 12.8. The fraction of sp³-hybridized carbons (Fsp3) is 0.571. The van der Waals surface area contributed by atoms with Gasteiger partial charge in [-0.1, -0.05) is 12.1 Å². The highest BCUT2D eigenvalue weighted by Gasteiger charge is 2.29. The van der Waals surface area contributed by atoms with Crippen LogP contribution in [0.2, 0.25) is 0 Å². The van der Waals surface area contributed by atoms with Gasteiger partial charge in [-0.05, 0) is 37.5 Å². The minimum atomic E-state index is -3.48. The van der Waals surface area contributed by atoms with Crippen molar-refractivity contribution in [3.8, 4) is 0 Å². The summed E-state index contributed by atoms with van der Waals surface area (Å²) in [5, 5.41) is 0. The first-order valence-corrected chi connectivity index (χ1v) is 8.31. The molecule has 0 bridgehead atoms. The van der Waals surface area contributed by atoms with Crippen LogP contribution in [0.1, 0.15) is 24.5 Å². The highest BCUT2D eigenvalue weighted by molar-refractivity contribution is 7.89. The van der Waals surface area contributed by atoms with Crippen molar-refractivity contribution in [2.45, 2.75) is 37.8 Å². The molecular weight excluding hydrogens is 276 g/mol. The van der Waals surface area contributed by atoms with Crippen LogP contribution in [-0.2, 0) is 21.3 Å². The summed E-state index contributed by atoms with van der Waals surface area (Å²) in [6.07, 6.45) is 0.643. The van der Waals surface area contributed by atoms with Gasteiger partial charge in [-0.3, -0.25) is 0 Å². The second-order valence-corrected chi connectivity index (χ2v) is 7.05. The molecule has 2 rings (SSSR count). The number of sulfonamides is 1. The lowest BCUT2D eigenvalue weighted by molar-refractivity contribution is 0.0752. The topological polar surface area (TPSA) is 72.6 Å². The van der Waals surface area contributed by atoms with Gasteiger partial charge in [-0.15, -0.1) is 0 Å². The van der Waals surface area contributed by atoms with Gasteiger partial charge in [0.2, 0.25) is 10.0 Å². The van der Waals surface area contributed by atoms with Crippen molar-refractivity contribution in [3.05, 3.63) is 29.3 Å². The second-order valence-electron chi connectivity index (χ2n) is 5.14. The maximum atomic E-state index is 12.8. The number of hydrogen-bond donors (Lipinski definition) is 1. The minimum absolute atomic E-state index is 0.0785. The fourth-order valence-corrected chi connectivity index (χ4v) is 4.30. The first kappa shape index (κ1) is 15.4. The van der Waals surface area contributed by atoms with Crippen molar-refractivity contribution in [2.75, 3.05) is 19.7 Å². The van der Waals surface area contributed by atoms with Crippen LogP contribution in [0, 0.1) is 6.92 Å². The van der Waals surface area contributed by atoms with Crippen LogP contribution in [0.5, 0.6) is 0 Å². The standard InChI is InChI=1S/C14H22N2O3S/c1-11-10-16(7-4-8-19-11)20(17,18)14-6-3-5-13(9-15)12(14)2/h3,5-6,11H,4,7-10,15H2,1-2H3. The van der Waals surface area contributed by atoms with Crippen LogP contribution >= 0.6 is 0 Å². The van der Waals surface area contributed by atoms with Gasteiger partial charge in [-0.2, -0.15) is 4.31 Å². The molecule has 1 fully saturated rings. The Morgan fingerprint density at radius 2 is 2.20 bits per heavy atom. The van der Waals surface area contributed by atoms with Crippen molar-refractivity contribution in [1.29, 1.82) is 0 Å². The molecule has 5 nitrogen and oxygen atoms in total. The van der Waals surface area contributed by atoms with E-state index in [9.17, 15) is 8.42 Å². The number of hydrogen-bond acceptors (Lipinski definition) is 4. The summed E-state index contributed by atoms with van der Waals surface area (Å²) in [5.74, 6) is 0. The van der Waals surface area contributed by atoms with Crippen molar-refractivity contribution in [1.82, 2.24) is 4.31 Å². The number of ether oxygens (including phenoxy) is 1. The molecule has 20 heavy (non-hydrogen) atoms. The molecule has 0 aromatic heterocycles. The Morgan fingerprint density at radius 3 is 2.90 bits per heavy atom. The summed E-state index contributed by atoms with van der Waals surface area (Å²) >= 11 is 0. The molecule has 1 unspecified atom stereocenters. The van der Waals surface area contributed by atoms with Crippen molar-refractivity contribution in [2.24, 2.45) is 5.73 Å². The molecule has 1 aromatic carbocycles. The van der Waals surface area contributed by atoms with Gasteiger partial charge in [0, 0.05) is 26.2 Å². The predicted octanol–water partition coefficient (Wildman–Crippen LogP) is 1.25. The average Bonchev–Trinajstić information content (AvgIpc) is 2.64. The molecule has 1 aromatic rings. The maximum Gasteiger partial charge on any atom is 0.243 e. The molecule has 1 aliphatic heterocycles. The lowest BCUT2D eigenvalue weighted by Gasteiger charge is -2.23. The van der Waals surface area contributed by atoms with Gasteiger partial charge in [0.1, 0.15) is 0 Å². The monoisotopic (exact) mass is 298 g/mol. The van der Waals surface area contributed by atoms with Gasteiger partial charge in [0.15, 0.2) is 0 Å². The molecule has 0 saturated carbocycles. The third-order valence-electron chi connectivity index (χ3n) is 3.65. The second kappa shape index (κ2) is 6.22. The molecule has 2 N–H and O–H groups in total. The largest absolute Gasteiger partial charge is 0.377 e. The van der Waals surface area contributed by atoms with Crippen LogP contribution in [0.3, 0.4) is 0 Å². The van der Waals surface area contributed by atoms with Crippen molar-refractivity contribution in [3.63, 3.8) is 0 Å². The summed E-state index contributed by atoms with van der Waals surface area (Å²) < 4.78 is 32.6. The molecule has 112 valence electrons. The lowest BCUT2D eigenvalue weighted by atomic mass is 10.1. The highest BCUT2D eigenvalue weighted by atomic mass is 32.2. The normalized spacial score (nSPS) is 21.6. The minimum Gasteiger partial charge on any atom is -0.377 e. The average molecular weight is 298 g/mol. The van der Waals surface area contributed by atoms with Gasteiger partial charge in [0.25, 0.3) is 0 Å². The van der Waals surface area contributed by atoms with Crippen molar-refractivity contribution < 1.29 is 13.2 Å². The van der Waals surface area contributed by atoms with E-state index < -0.39 is 10.0 Å². The summed E-state index contributed by atoms with van der Waals surface area (Å²) in [7, 11) is -3.48. The molecule has 1 aliphatic rings. The molecule has 0 spiro atoms. The van der Waals surface area contributed by atoms with E-state index in [-0.39, 0.29) is 6.10 Å². The van der Waals surface area contributed by atoms with Crippen LogP contribution in [0.25, 0.3) is 0 Å². The third kappa shape index (κ3) is 3.03. The Hall–Kier alpha value is -0.950. The van der Waals surface area contributed by atoms with Crippen LogP contribution < -0.4 is 5.73 Å². The number of nitrogens with zero attached hydrogens (tertiary/aromatic N) is 1. The zero-order valence-electron chi connectivity index (χ0n) is 12.0. The SMILES string of the molecule is Cc1c(CN)cccc1S(=O)(=O)N1CCCOC(C)C1. The van der Waals surface area contributed by atoms with E-state index in [0.717, 1.165) is 17.5 Å². The first-order chi connectivity index (χ1) is 9.46. The smallest absolute Gasteiger partial charge is 0.243 e. The summed E-state index contributed by atoms with van der Waals surface area (Å²) in [5.41, 5.74) is 7.27. The Morgan fingerprint density at radius 1 is 1.45 bits per heavy atom. The third-order valence-corrected chi connectivity index (χ3v) is 5.66. The van der Waals surface area contributed by atoms with Gasteiger partial charge >= 0.3 is 0 Å². The van der Waals surface area contributed by atoms with Crippen LogP contribution in [0.4, 0.5) is 0 Å². The van der Waals surface area contributed by atoms with E-state index in [0.29, 0.717) is 31.1 Å². The van der Waals surface area contributed by atoms with Gasteiger partial charge in [-0.25, -0.2) is 8.42 Å². The van der Waals surface area contributed by atoms with Gasteiger partial charge < -0.3 is 10.5 Å². The summed E-state index contributed by atoms with van der Waals surface area (Å²) in [4.78, 5) is 0.356. The quantitative estimate of drug-likeness (QED) is 0.911. The molecule has 0 aliphatic carbocycles. The van der Waals surface area contributed by atoms with E-state index in [1.165, 1.54) is 4.31 Å². The number of benzene rings is 1. The van der Waals surface area contributed by atoms with E-state index in [2.05, 4.69) is 0 Å². The zero-order chi connectivity index (χ0) is 14.8. The Kier molecular flexibility index (Phi) is 4.80. The molecule has 6 heteroatoms. The van der Waals surface area contributed by atoms with Crippen molar-refractivity contribution >= 4 is 10.0 Å². The number of nitrogens with two attached hydrogens (primary N) is 1. The van der Waals surface area contributed by atoms with E-state index in [4.69, 9.17) is 10.5 Å². The summed E-state index contributed by atoms with van der Waals surface area (Å²) in [6, 6.07) is 5.27. The maximum absolute atomic E-state index is 12.8. The molecule has 1 atom stereocenters. The van der Waals surface area contributed by atoms with Crippen LogP contribution in [0.15, 0.2) is 23.1 Å². The number of rotatable bonds is 3. The molecule has 0 amide bonds. The Labute approximate surface area is 120 Å². The molecular formula is C14H22N2O3S. The van der Waals surface area contributed by atoms with Gasteiger partial charge in [0.05, 0.1) is 11.0 Å². The molecule has 0 radical (unpaired) electrons. The van der Waals surface area contributed by atoms with E-state index >= 15 is 0 Å². The Bertz CT molecular complexity index is 572.